The number of ketones is 1. The van der Waals surface area contributed by atoms with E-state index in [-0.39, 0.29) is 12.4 Å². The summed E-state index contributed by atoms with van der Waals surface area (Å²) in [5, 5.41) is 0. The second-order valence-corrected chi connectivity index (χ2v) is 10.0. The van der Waals surface area contributed by atoms with Gasteiger partial charge in [0, 0.05) is 12.1 Å². The Labute approximate surface area is 193 Å². The second-order valence-electron chi connectivity index (χ2n) is 8.10. The number of sulfonamides is 1. The fraction of sp³-hybridized carbons (Fsp3) is 0.231. The molecule has 7 heteroatoms. The van der Waals surface area contributed by atoms with Crippen LogP contribution in [0.4, 0.5) is 5.69 Å². The second kappa shape index (κ2) is 9.58. The summed E-state index contributed by atoms with van der Waals surface area (Å²) in [6, 6.07) is 22.0. The van der Waals surface area contributed by atoms with Gasteiger partial charge in [-0.3, -0.25) is 9.10 Å². The van der Waals surface area contributed by atoms with Crippen LogP contribution in [0.2, 0.25) is 0 Å². The highest BCUT2D eigenvalue weighted by molar-refractivity contribution is 7.92. The summed E-state index contributed by atoms with van der Waals surface area (Å²) in [7, 11) is -3.37. The molecular formula is C26H25NO5S. The monoisotopic (exact) mass is 463 g/mol. The van der Waals surface area contributed by atoms with Crippen molar-refractivity contribution in [1.82, 2.24) is 0 Å². The van der Waals surface area contributed by atoms with Crippen molar-refractivity contribution < 1.29 is 22.7 Å². The predicted octanol–water partition coefficient (Wildman–Crippen LogP) is 4.03. The van der Waals surface area contributed by atoms with Crippen molar-refractivity contribution in [2.24, 2.45) is 0 Å². The first kappa shape index (κ1) is 22.7. The number of esters is 1. The van der Waals surface area contributed by atoms with Crippen LogP contribution >= 0.6 is 0 Å². The van der Waals surface area contributed by atoms with Crippen LogP contribution in [0, 0.1) is 0 Å². The topological polar surface area (TPSA) is 80.8 Å². The average molecular weight is 464 g/mol. The Morgan fingerprint density at radius 3 is 2.45 bits per heavy atom. The zero-order chi connectivity index (χ0) is 23.4. The molecule has 170 valence electrons. The summed E-state index contributed by atoms with van der Waals surface area (Å²) in [4.78, 5) is 25.4. The maximum Gasteiger partial charge on any atom is 0.338 e. The molecule has 1 aliphatic rings. The zero-order valence-electron chi connectivity index (χ0n) is 18.4. The van der Waals surface area contributed by atoms with Crippen LogP contribution in [0.25, 0.3) is 0 Å². The number of benzene rings is 3. The minimum absolute atomic E-state index is 0.330. The molecular weight excluding hydrogens is 438 g/mol. The minimum atomic E-state index is -3.37. The van der Waals surface area contributed by atoms with Gasteiger partial charge in [0.05, 0.1) is 17.5 Å². The number of hydrogen-bond acceptors (Lipinski definition) is 5. The molecule has 3 aromatic carbocycles. The molecule has 0 unspecified atom stereocenters. The van der Waals surface area contributed by atoms with Gasteiger partial charge in [0.25, 0.3) is 0 Å². The lowest BCUT2D eigenvalue weighted by Crippen LogP contribution is -2.34. The van der Waals surface area contributed by atoms with Crippen molar-refractivity contribution in [3.8, 4) is 0 Å². The number of aryl methyl sites for hydroxylation is 1. The van der Waals surface area contributed by atoms with Gasteiger partial charge in [-0.05, 0) is 60.2 Å². The third kappa shape index (κ3) is 5.31. The number of anilines is 1. The summed E-state index contributed by atoms with van der Waals surface area (Å²) in [5.74, 6) is -0.876. The standard InChI is InChI=1S/C26H25NO5S/c1-33(30,31)27-15-7-11-21-17-22(13-14-24(21)27)25(28)18-32-26(29)23-12-6-5-10-20(23)16-19-8-3-2-4-9-19/h2-6,8-10,12-14,17H,7,11,15-16,18H2,1H3. The maximum atomic E-state index is 12.7. The van der Waals surface area contributed by atoms with Crippen molar-refractivity contribution in [1.29, 1.82) is 0 Å². The minimum Gasteiger partial charge on any atom is -0.454 e. The van der Waals surface area contributed by atoms with E-state index in [1.54, 1.807) is 30.3 Å². The molecule has 1 heterocycles. The van der Waals surface area contributed by atoms with Crippen molar-refractivity contribution in [3.63, 3.8) is 0 Å². The van der Waals surface area contributed by atoms with Crippen LogP contribution in [0.3, 0.4) is 0 Å². The van der Waals surface area contributed by atoms with E-state index in [9.17, 15) is 18.0 Å². The molecule has 0 spiro atoms. The Kier molecular flexibility index (Phi) is 6.60. The van der Waals surface area contributed by atoms with Crippen molar-refractivity contribution >= 4 is 27.5 Å². The van der Waals surface area contributed by atoms with Crippen LogP contribution in [0.1, 0.15) is 43.8 Å². The van der Waals surface area contributed by atoms with Crippen LogP contribution in [-0.2, 0) is 27.6 Å². The highest BCUT2D eigenvalue weighted by atomic mass is 32.2. The molecule has 0 amide bonds. The van der Waals surface area contributed by atoms with Gasteiger partial charge in [0.1, 0.15) is 0 Å². The third-order valence-corrected chi connectivity index (χ3v) is 6.87. The Morgan fingerprint density at radius 2 is 1.70 bits per heavy atom. The Balaban J connectivity index is 1.45. The molecule has 1 aliphatic heterocycles. The van der Waals surface area contributed by atoms with Crippen molar-refractivity contribution in [3.05, 3.63) is 101 Å². The van der Waals surface area contributed by atoms with Gasteiger partial charge in [0.2, 0.25) is 10.0 Å². The van der Waals surface area contributed by atoms with Gasteiger partial charge in [-0.1, -0.05) is 48.5 Å². The zero-order valence-corrected chi connectivity index (χ0v) is 19.2. The van der Waals surface area contributed by atoms with Gasteiger partial charge in [-0.15, -0.1) is 0 Å². The summed E-state index contributed by atoms with van der Waals surface area (Å²) >= 11 is 0. The summed E-state index contributed by atoms with van der Waals surface area (Å²) < 4.78 is 30.8. The molecule has 0 saturated heterocycles. The lowest BCUT2D eigenvalue weighted by molar-refractivity contribution is 0.0473. The number of nitrogens with zero attached hydrogens (tertiary/aromatic N) is 1. The van der Waals surface area contributed by atoms with E-state index >= 15 is 0 Å². The molecule has 0 radical (unpaired) electrons. The van der Waals surface area contributed by atoms with Gasteiger partial charge < -0.3 is 4.74 Å². The SMILES string of the molecule is CS(=O)(=O)N1CCCc2cc(C(=O)COC(=O)c3ccccc3Cc3ccccc3)ccc21. The average Bonchev–Trinajstić information content (AvgIpc) is 2.82. The van der Waals surface area contributed by atoms with E-state index < -0.39 is 16.0 Å². The first-order valence-electron chi connectivity index (χ1n) is 10.8. The van der Waals surface area contributed by atoms with Crippen LogP contribution < -0.4 is 4.31 Å². The molecule has 0 bridgehead atoms. The molecule has 33 heavy (non-hydrogen) atoms. The van der Waals surface area contributed by atoms with Crippen LogP contribution in [-0.4, -0.2) is 39.6 Å². The first-order valence-corrected chi connectivity index (χ1v) is 12.6. The fourth-order valence-corrected chi connectivity index (χ4v) is 5.06. The quantitative estimate of drug-likeness (QED) is 0.390. The molecule has 0 fully saturated rings. The fourth-order valence-electron chi connectivity index (χ4n) is 4.06. The predicted molar refractivity (Wildman–Crippen MR) is 127 cm³/mol. The molecule has 0 aliphatic carbocycles. The molecule has 6 nitrogen and oxygen atoms in total. The third-order valence-electron chi connectivity index (χ3n) is 5.69. The Morgan fingerprint density at radius 1 is 0.970 bits per heavy atom. The van der Waals surface area contributed by atoms with E-state index in [0.29, 0.717) is 42.6 Å². The van der Waals surface area contributed by atoms with Crippen LogP contribution in [0.5, 0.6) is 0 Å². The lowest BCUT2D eigenvalue weighted by atomic mass is 9.99. The first-order chi connectivity index (χ1) is 15.8. The van der Waals surface area contributed by atoms with Gasteiger partial charge >= 0.3 is 5.97 Å². The Bertz CT molecular complexity index is 1290. The van der Waals surface area contributed by atoms with Gasteiger partial charge in [-0.2, -0.15) is 0 Å². The summed E-state index contributed by atoms with van der Waals surface area (Å²) in [6.45, 7) is 0.0478. The van der Waals surface area contributed by atoms with Crippen LogP contribution in [0.15, 0.2) is 72.8 Å². The van der Waals surface area contributed by atoms with E-state index in [1.165, 1.54) is 10.6 Å². The van der Waals surface area contributed by atoms with Gasteiger partial charge in [-0.25, -0.2) is 13.2 Å². The number of hydrogen-bond donors (Lipinski definition) is 0. The van der Waals surface area contributed by atoms with Gasteiger partial charge in [0.15, 0.2) is 12.4 Å². The molecule has 0 N–H and O–H groups in total. The number of carbonyl (C=O) groups is 2. The maximum absolute atomic E-state index is 12.7. The number of carbonyl (C=O) groups excluding carboxylic acids is 2. The number of fused-ring (bicyclic) bond motifs is 1. The summed E-state index contributed by atoms with van der Waals surface area (Å²) in [6.07, 6.45) is 3.14. The molecule has 0 atom stereocenters. The number of Topliss-reactive ketones (excluding diaryl/α,β-unsaturated/α-hetero) is 1. The highest BCUT2D eigenvalue weighted by Gasteiger charge is 2.25. The molecule has 4 rings (SSSR count). The normalized spacial score (nSPS) is 13.3. The van der Waals surface area contributed by atoms with Crippen molar-refractivity contribution in [2.75, 3.05) is 23.7 Å². The smallest absolute Gasteiger partial charge is 0.338 e. The molecule has 0 aromatic heterocycles. The molecule has 0 saturated carbocycles. The van der Waals surface area contributed by atoms with E-state index in [4.69, 9.17) is 4.74 Å². The number of rotatable bonds is 7. The van der Waals surface area contributed by atoms with Crippen molar-refractivity contribution in [2.45, 2.75) is 19.3 Å². The molecule has 3 aromatic rings. The highest BCUT2D eigenvalue weighted by Crippen LogP contribution is 2.30. The van der Waals surface area contributed by atoms with E-state index in [2.05, 4.69) is 0 Å². The van der Waals surface area contributed by atoms with E-state index in [0.717, 1.165) is 16.7 Å². The summed E-state index contributed by atoms with van der Waals surface area (Å²) in [5.41, 5.74) is 4.14. The van der Waals surface area contributed by atoms with E-state index in [1.807, 2.05) is 42.5 Å². The largest absolute Gasteiger partial charge is 0.454 e. The Hall–Kier alpha value is -3.45. The lowest BCUT2D eigenvalue weighted by Gasteiger charge is -2.29. The number of ether oxygens (including phenoxy) is 1.